The van der Waals surface area contributed by atoms with Crippen molar-refractivity contribution < 1.29 is 14.1 Å². The number of hydrogen-bond acceptors (Lipinski definition) is 5. The topological polar surface area (TPSA) is 67.6 Å². The third-order valence-electron chi connectivity index (χ3n) is 5.64. The van der Waals surface area contributed by atoms with Gasteiger partial charge < -0.3 is 19.5 Å². The fourth-order valence-electron chi connectivity index (χ4n) is 3.78. The maximum atomic E-state index is 12.5. The van der Waals surface area contributed by atoms with Gasteiger partial charge in [0.2, 0.25) is 0 Å². The summed E-state index contributed by atoms with van der Waals surface area (Å²) >= 11 is 0. The van der Waals surface area contributed by atoms with Crippen molar-refractivity contribution in [3.63, 3.8) is 0 Å². The number of aryl methyl sites for hydroxylation is 2. The summed E-state index contributed by atoms with van der Waals surface area (Å²) in [6.45, 7) is 6.85. The van der Waals surface area contributed by atoms with Gasteiger partial charge in [0.05, 0.1) is 11.3 Å². The third-order valence-corrected chi connectivity index (χ3v) is 5.64. The van der Waals surface area contributed by atoms with Gasteiger partial charge in [0.25, 0.3) is 5.91 Å². The molecule has 0 aliphatic carbocycles. The Hall–Kier alpha value is -3.28. The average molecular weight is 405 g/mol. The van der Waals surface area contributed by atoms with Crippen LogP contribution in [0.2, 0.25) is 0 Å². The first kappa shape index (κ1) is 20.0. The molecule has 6 nitrogen and oxygen atoms in total. The van der Waals surface area contributed by atoms with E-state index in [4.69, 9.17) is 9.26 Å². The number of carbonyl (C=O) groups is 1. The normalized spacial score (nSPS) is 15.9. The summed E-state index contributed by atoms with van der Waals surface area (Å²) < 4.78 is 11.0. The molecule has 0 spiro atoms. The highest BCUT2D eigenvalue weighted by Gasteiger charge is 2.23. The molecule has 3 aromatic rings. The number of carbonyl (C=O) groups excluding carboxylic acids is 1. The largest absolute Gasteiger partial charge is 0.489 e. The molecule has 4 rings (SSSR count). The Morgan fingerprint density at radius 2 is 1.93 bits per heavy atom. The second-order valence-corrected chi connectivity index (χ2v) is 7.76. The molecule has 1 aromatic heterocycles. The van der Waals surface area contributed by atoms with E-state index in [2.05, 4.69) is 39.6 Å². The molecular formula is C24H27N3O3. The summed E-state index contributed by atoms with van der Waals surface area (Å²) in [5.74, 6) is 1.89. The third kappa shape index (κ3) is 4.64. The molecule has 2 heterocycles. The Labute approximate surface area is 176 Å². The molecule has 1 amide bonds. The lowest BCUT2D eigenvalue weighted by Crippen LogP contribution is -2.31. The van der Waals surface area contributed by atoms with Gasteiger partial charge in [-0.05, 0) is 62.6 Å². The van der Waals surface area contributed by atoms with E-state index in [1.807, 2.05) is 32.0 Å². The molecule has 156 valence electrons. The number of benzene rings is 2. The van der Waals surface area contributed by atoms with Crippen LogP contribution >= 0.6 is 0 Å². The summed E-state index contributed by atoms with van der Waals surface area (Å²) in [6, 6.07) is 17.7. The van der Waals surface area contributed by atoms with Crippen LogP contribution in [0.15, 0.2) is 59.1 Å². The Morgan fingerprint density at radius 3 is 2.63 bits per heavy atom. The molecule has 6 heteroatoms. The van der Waals surface area contributed by atoms with E-state index in [0.717, 1.165) is 36.5 Å². The highest BCUT2D eigenvalue weighted by molar-refractivity contribution is 5.94. The van der Waals surface area contributed by atoms with Crippen molar-refractivity contribution in [1.82, 2.24) is 10.5 Å². The zero-order valence-corrected chi connectivity index (χ0v) is 17.4. The van der Waals surface area contributed by atoms with E-state index in [9.17, 15) is 4.79 Å². The van der Waals surface area contributed by atoms with Crippen LogP contribution < -0.4 is 15.0 Å². The Morgan fingerprint density at radius 1 is 1.17 bits per heavy atom. The number of amides is 1. The van der Waals surface area contributed by atoms with Crippen molar-refractivity contribution in [2.75, 3.05) is 24.5 Å². The maximum Gasteiger partial charge on any atom is 0.251 e. The van der Waals surface area contributed by atoms with Gasteiger partial charge in [0.1, 0.15) is 18.1 Å². The standard InChI is InChI=1S/C24H27N3O3/c1-17-23(18(2)30-26-17)16-29-22-10-8-20(9-11-22)24(28)25-14-19-12-13-27(15-19)21-6-4-3-5-7-21/h3-11,19H,12-16H2,1-2H3,(H,25,28). The number of para-hydroxylation sites is 1. The van der Waals surface area contributed by atoms with Crippen molar-refractivity contribution in [2.45, 2.75) is 26.9 Å². The fourth-order valence-corrected chi connectivity index (χ4v) is 3.78. The summed E-state index contributed by atoms with van der Waals surface area (Å²) in [5.41, 5.74) is 3.68. The van der Waals surface area contributed by atoms with Crippen LogP contribution in [0.3, 0.4) is 0 Å². The molecule has 2 aromatic carbocycles. The number of anilines is 1. The quantitative estimate of drug-likeness (QED) is 0.640. The van der Waals surface area contributed by atoms with Gasteiger partial charge in [0, 0.05) is 30.9 Å². The van der Waals surface area contributed by atoms with E-state index >= 15 is 0 Å². The lowest BCUT2D eigenvalue weighted by molar-refractivity contribution is 0.0948. The van der Waals surface area contributed by atoms with E-state index in [1.165, 1.54) is 5.69 Å². The summed E-state index contributed by atoms with van der Waals surface area (Å²) in [7, 11) is 0. The molecule has 1 saturated heterocycles. The molecule has 1 fully saturated rings. The minimum atomic E-state index is -0.0505. The first-order valence-electron chi connectivity index (χ1n) is 10.3. The molecule has 1 aliphatic rings. The summed E-state index contributed by atoms with van der Waals surface area (Å²) in [5, 5.41) is 7.00. The molecule has 0 radical (unpaired) electrons. The number of rotatable bonds is 7. The van der Waals surface area contributed by atoms with Crippen LogP contribution in [-0.4, -0.2) is 30.7 Å². The van der Waals surface area contributed by atoms with Crippen molar-refractivity contribution in [3.8, 4) is 5.75 Å². The molecular weight excluding hydrogens is 378 g/mol. The van der Waals surface area contributed by atoms with Crippen LogP contribution in [-0.2, 0) is 6.61 Å². The second kappa shape index (κ2) is 9.03. The van der Waals surface area contributed by atoms with Crippen LogP contribution in [0.4, 0.5) is 5.69 Å². The highest BCUT2D eigenvalue weighted by Crippen LogP contribution is 2.23. The van der Waals surface area contributed by atoms with E-state index in [-0.39, 0.29) is 5.91 Å². The maximum absolute atomic E-state index is 12.5. The Balaban J connectivity index is 1.25. The lowest BCUT2D eigenvalue weighted by atomic mass is 10.1. The molecule has 1 atom stereocenters. The van der Waals surface area contributed by atoms with Gasteiger partial charge in [-0.25, -0.2) is 0 Å². The van der Waals surface area contributed by atoms with E-state index in [0.29, 0.717) is 30.4 Å². The van der Waals surface area contributed by atoms with Gasteiger partial charge in [0.15, 0.2) is 0 Å². The monoisotopic (exact) mass is 405 g/mol. The van der Waals surface area contributed by atoms with Gasteiger partial charge in [-0.3, -0.25) is 4.79 Å². The number of nitrogens with one attached hydrogen (secondary N) is 1. The molecule has 0 bridgehead atoms. The molecule has 30 heavy (non-hydrogen) atoms. The second-order valence-electron chi connectivity index (χ2n) is 7.76. The Kier molecular flexibility index (Phi) is 6.02. The van der Waals surface area contributed by atoms with Crippen molar-refractivity contribution >= 4 is 11.6 Å². The van der Waals surface area contributed by atoms with E-state index in [1.54, 1.807) is 12.1 Å². The van der Waals surface area contributed by atoms with Crippen molar-refractivity contribution in [3.05, 3.63) is 77.2 Å². The van der Waals surface area contributed by atoms with E-state index < -0.39 is 0 Å². The number of aromatic nitrogens is 1. The average Bonchev–Trinajstić information content (AvgIpc) is 3.38. The minimum absolute atomic E-state index is 0.0505. The predicted octanol–water partition coefficient (Wildman–Crippen LogP) is 4.13. The predicted molar refractivity (Wildman–Crippen MR) is 116 cm³/mol. The lowest BCUT2D eigenvalue weighted by Gasteiger charge is -2.18. The van der Waals surface area contributed by atoms with Gasteiger partial charge >= 0.3 is 0 Å². The van der Waals surface area contributed by atoms with Crippen molar-refractivity contribution in [2.24, 2.45) is 5.92 Å². The minimum Gasteiger partial charge on any atom is -0.489 e. The smallest absolute Gasteiger partial charge is 0.251 e. The van der Waals surface area contributed by atoms with Crippen LogP contribution in [0.1, 0.15) is 33.8 Å². The molecule has 0 saturated carbocycles. The molecule has 1 N–H and O–H groups in total. The summed E-state index contributed by atoms with van der Waals surface area (Å²) in [4.78, 5) is 14.9. The zero-order valence-electron chi connectivity index (χ0n) is 17.4. The van der Waals surface area contributed by atoms with Crippen molar-refractivity contribution in [1.29, 1.82) is 0 Å². The molecule has 1 unspecified atom stereocenters. The van der Waals surface area contributed by atoms with Crippen LogP contribution in [0, 0.1) is 19.8 Å². The number of ether oxygens (including phenoxy) is 1. The summed E-state index contributed by atoms with van der Waals surface area (Å²) in [6.07, 6.45) is 1.09. The first-order chi connectivity index (χ1) is 14.6. The Bertz CT molecular complexity index is 963. The first-order valence-corrected chi connectivity index (χ1v) is 10.3. The van der Waals surface area contributed by atoms with Crippen LogP contribution in [0.5, 0.6) is 5.75 Å². The SMILES string of the molecule is Cc1noc(C)c1COc1ccc(C(=O)NCC2CCN(c3ccccc3)C2)cc1. The van der Waals surface area contributed by atoms with Gasteiger partial charge in [-0.2, -0.15) is 0 Å². The van der Waals surface area contributed by atoms with Crippen LogP contribution in [0.25, 0.3) is 0 Å². The van der Waals surface area contributed by atoms with Gasteiger partial charge in [-0.1, -0.05) is 23.4 Å². The molecule has 1 aliphatic heterocycles. The highest BCUT2D eigenvalue weighted by atomic mass is 16.5. The fraction of sp³-hybridized carbons (Fsp3) is 0.333. The van der Waals surface area contributed by atoms with Gasteiger partial charge in [-0.15, -0.1) is 0 Å². The number of nitrogens with zero attached hydrogens (tertiary/aromatic N) is 2. The zero-order chi connectivity index (χ0) is 20.9. The number of hydrogen-bond donors (Lipinski definition) is 1.